The highest BCUT2D eigenvalue weighted by Crippen LogP contribution is 2.62. The first-order chi connectivity index (χ1) is 42.2. The lowest BCUT2D eigenvalue weighted by atomic mass is 9.70. The molecule has 1 atom stereocenters. The molecule has 4 heterocycles. The van der Waals surface area contributed by atoms with Gasteiger partial charge in [0.15, 0.2) is 0 Å². The molecule has 15 rings (SSSR count). The monoisotopic (exact) mass is 1140 g/mol. The molecule has 87 heavy (non-hydrogen) atoms. The summed E-state index contributed by atoms with van der Waals surface area (Å²) >= 11 is 0. The maximum Gasteiger partial charge on any atom is 0.530 e. The zero-order valence-electron chi connectivity index (χ0n) is 49.3. The van der Waals surface area contributed by atoms with Crippen LogP contribution in [0.15, 0.2) is 217 Å². The molecule has 5 aliphatic rings. The number of para-hydroxylation sites is 2. The maximum atomic E-state index is 18.6. The van der Waals surface area contributed by atoms with E-state index in [0.29, 0.717) is 70.7 Å². The van der Waals surface area contributed by atoms with E-state index in [9.17, 15) is 14.4 Å². The summed E-state index contributed by atoms with van der Waals surface area (Å²) in [5.74, 6) is -0.759. The van der Waals surface area contributed by atoms with Gasteiger partial charge in [0.25, 0.3) is 11.8 Å². The van der Waals surface area contributed by atoms with E-state index in [4.69, 9.17) is 4.74 Å². The lowest BCUT2D eigenvalue weighted by molar-refractivity contribution is -0.134. The average Bonchev–Trinajstić information content (AvgIpc) is 1.52. The summed E-state index contributed by atoms with van der Waals surface area (Å²) < 4.78 is 44.7. The van der Waals surface area contributed by atoms with Gasteiger partial charge in [0, 0.05) is 62.7 Å². The molecule has 0 fully saturated rings. The van der Waals surface area contributed by atoms with Crippen LogP contribution in [0.1, 0.15) is 110 Å². The highest BCUT2D eigenvalue weighted by atomic mass is 19.2. The van der Waals surface area contributed by atoms with Gasteiger partial charge in [-0.25, -0.2) is 4.90 Å². The number of hydrogen-bond donors (Lipinski definition) is 0. The number of aryl methyl sites for hydroxylation is 5. The molecular formula is C76H62BF2N4O4-. The fraction of sp³-hybridized carbons (Fsp3) is 0.171. The van der Waals surface area contributed by atoms with Crippen LogP contribution < -0.4 is 14.5 Å². The molecule has 1 unspecified atom stereocenters. The fourth-order valence-electron chi connectivity index (χ4n) is 15.5. The van der Waals surface area contributed by atoms with Crippen molar-refractivity contribution in [2.24, 2.45) is 0 Å². The van der Waals surface area contributed by atoms with Crippen molar-refractivity contribution in [3.63, 3.8) is 0 Å². The standard InChI is InChI=1S/C76H62BF2N4O4/c1-46-44-58(45-47(2)68(46)70-71-48(3)59-40-34-51-19-12-14-25-61(51)73(59)82(71)77(78,79)83-72(70)49(4)65-43-35-53-20-13-15-28-66(53)76(65,83)5)87-67(84)29-16-18-50-30-36-57(37-31-50)81-74(85)63-27-17-26-62-60(41-42-64(69(62)63)75(81)86)52-32-38-56(39-33-52)80(54-21-8-6-9-22-54)55-23-10-7-11-24-55/h6-15,17,19-28,30-33,36-39,41-42,44-45H,16,18,29,34-35,40,43H2,1-5H3/q-1. The first-order valence-electron chi connectivity index (χ1n) is 30.3. The van der Waals surface area contributed by atoms with E-state index in [0.717, 1.165) is 119 Å². The van der Waals surface area contributed by atoms with Crippen LogP contribution in [0.4, 0.5) is 31.4 Å². The van der Waals surface area contributed by atoms with Crippen molar-refractivity contribution < 1.29 is 27.8 Å². The number of anilines is 4. The third-order valence-corrected chi connectivity index (χ3v) is 19.3. The van der Waals surface area contributed by atoms with E-state index < -0.39 is 12.5 Å². The molecule has 0 spiro atoms. The molecule has 2 amide bonds. The van der Waals surface area contributed by atoms with Crippen molar-refractivity contribution in [2.45, 2.75) is 85.1 Å². The zero-order chi connectivity index (χ0) is 59.6. The Morgan fingerprint density at radius 3 is 1.91 bits per heavy atom. The number of hydrogen-bond acceptors (Lipinski definition) is 6. The van der Waals surface area contributed by atoms with Crippen LogP contribution in [0.5, 0.6) is 5.75 Å². The van der Waals surface area contributed by atoms with Gasteiger partial charge in [-0.15, -0.1) is 0 Å². The number of benzene rings is 9. The first kappa shape index (κ1) is 53.8. The van der Waals surface area contributed by atoms with E-state index in [1.165, 1.54) is 14.2 Å². The number of amides is 2. The molecule has 9 aromatic carbocycles. The van der Waals surface area contributed by atoms with Crippen LogP contribution in [0.3, 0.4) is 0 Å². The summed E-state index contributed by atoms with van der Waals surface area (Å²) in [6, 6.07) is 65.5. The molecule has 0 saturated heterocycles. The second-order valence-corrected chi connectivity index (χ2v) is 24.2. The van der Waals surface area contributed by atoms with Crippen molar-refractivity contribution in [2.75, 3.05) is 9.80 Å². The first-order valence-corrected chi connectivity index (χ1v) is 30.3. The Hall–Kier alpha value is -9.87. The quantitative estimate of drug-likeness (QED) is 0.0556. The summed E-state index contributed by atoms with van der Waals surface area (Å²) in [7, 11) is 0. The number of aromatic nitrogens is 1. The molecule has 1 aromatic heterocycles. The number of ether oxygens (including phenoxy) is 1. The lowest BCUT2D eigenvalue weighted by Crippen LogP contribution is -2.62. The Labute approximate surface area is 505 Å². The van der Waals surface area contributed by atoms with Crippen LogP contribution >= 0.6 is 0 Å². The van der Waals surface area contributed by atoms with Crippen molar-refractivity contribution >= 4 is 63.8 Å². The van der Waals surface area contributed by atoms with Crippen molar-refractivity contribution in [1.29, 1.82) is 0 Å². The number of allylic oxidation sites excluding steroid dienone is 1. The number of rotatable bonds is 11. The molecule has 3 aliphatic heterocycles. The van der Waals surface area contributed by atoms with Gasteiger partial charge in [-0.2, -0.15) is 0 Å². The Kier molecular flexibility index (Phi) is 12.6. The third kappa shape index (κ3) is 8.26. The van der Waals surface area contributed by atoms with Crippen LogP contribution in [-0.4, -0.2) is 34.0 Å². The van der Waals surface area contributed by atoms with E-state index in [1.54, 1.807) is 18.2 Å². The number of halogens is 2. The molecule has 8 nitrogen and oxygen atoms in total. The van der Waals surface area contributed by atoms with Gasteiger partial charge in [0.1, 0.15) is 5.75 Å². The minimum Gasteiger partial charge on any atom is -0.457 e. The van der Waals surface area contributed by atoms with E-state index >= 15 is 8.63 Å². The highest BCUT2D eigenvalue weighted by molar-refractivity contribution is 6.64. The average molecular weight is 1140 g/mol. The molecule has 0 N–H and O–H groups in total. The predicted octanol–water partition coefficient (Wildman–Crippen LogP) is 17.7. The zero-order valence-corrected chi connectivity index (χ0v) is 49.3. The largest absolute Gasteiger partial charge is 0.530 e. The molecule has 2 aliphatic carbocycles. The number of carbonyl (C=O) groups excluding carboxylic acids is 3. The predicted molar refractivity (Wildman–Crippen MR) is 344 cm³/mol. The second-order valence-electron chi connectivity index (χ2n) is 24.2. The van der Waals surface area contributed by atoms with Gasteiger partial charge < -0.3 is 27.6 Å². The fourth-order valence-corrected chi connectivity index (χ4v) is 15.5. The summed E-state index contributed by atoms with van der Waals surface area (Å²) in [5, 5.41) is 1.47. The van der Waals surface area contributed by atoms with Gasteiger partial charge in [-0.3, -0.25) is 14.4 Å². The summed E-state index contributed by atoms with van der Waals surface area (Å²) in [6.07, 6.45) is 4.12. The molecular weight excluding hydrogens is 1080 g/mol. The SMILES string of the molecule is CC1=C2CCc3ccccc3C2(C)N2C1=C(c1c(C)cc(OC(=O)CCCc3ccc(N4C(=O)c5cccc6c(-c7ccc(N(c8ccccc8)c8ccccc8)cc7)ccc(c56)C4=O)cc3)cc1C)c1c(C)c3c(n1[B-]2(F)F)-c1ccccc1CC3. The topological polar surface area (TPSA) is 75.1 Å². The van der Waals surface area contributed by atoms with Crippen molar-refractivity contribution in [3.05, 3.63) is 284 Å². The van der Waals surface area contributed by atoms with Crippen molar-refractivity contribution in [1.82, 2.24) is 9.29 Å². The van der Waals surface area contributed by atoms with Gasteiger partial charge >= 0.3 is 12.9 Å². The van der Waals surface area contributed by atoms with Crippen LogP contribution in [0.25, 0.3) is 38.7 Å². The molecule has 10 aromatic rings. The Bertz CT molecular complexity index is 4540. The summed E-state index contributed by atoms with van der Waals surface area (Å²) in [4.78, 5) is 47.5. The van der Waals surface area contributed by atoms with Crippen LogP contribution in [-0.2, 0) is 36.0 Å². The smallest absolute Gasteiger partial charge is 0.457 e. The highest BCUT2D eigenvalue weighted by Gasteiger charge is 2.59. The number of imide groups is 1. The molecule has 0 saturated carbocycles. The van der Waals surface area contributed by atoms with Gasteiger partial charge in [-0.1, -0.05) is 127 Å². The Balaban J connectivity index is 0.663. The lowest BCUT2D eigenvalue weighted by Gasteiger charge is -2.56. The number of carbonyl (C=O) groups is 3. The number of esters is 1. The Morgan fingerprint density at radius 1 is 0.609 bits per heavy atom. The number of fused-ring (bicyclic) bond motifs is 10. The molecule has 11 heteroatoms. The van der Waals surface area contributed by atoms with E-state index in [-0.39, 0.29) is 24.2 Å². The van der Waals surface area contributed by atoms with Gasteiger partial charge in [0.2, 0.25) is 0 Å². The van der Waals surface area contributed by atoms with Gasteiger partial charge in [0.05, 0.1) is 11.2 Å². The molecule has 428 valence electrons. The summed E-state index contributed by atoms with van der Waals surface area (Å²) in [6.45, 7) is 5.67. The third-order valence-electron chi connectivity index (χ3n) is 19.3. The van der Waals surface area contributed by atoms with Gasteiger partial charge in [-0.05, 0) is 229 Å². The molecule has 0 radical (unpaired) electrons. The summed E-state index contributed by atoms with van der Waals surface area (Å²) in [5.41, 5.74) is 19.0. The van der Waals surface area contributed by atoms with E-state index in [1.807, 2.05) is 156 Å². The van der Waals surface area contributed by atoms with Crippen LogP contribution in [0.2, 0.25) is 0 Å². The van der Waals surface area contributed by atoms with E-state index in [2.05, 4.69) is 65.6 Å². The minimum atomic E-state index is -4.39. The Morgan fingerprint density at radius 2 is 1.21 bits per heavy atom. The minimum absolute atomic E-state index is 0.144. The van der Waals surface area contributed by atoms with Crippen LogP contribution in [0, 0.1) is 20.8 Å². The second kappa shape index (κ2) is 20.4. The van der Waals surface area contributed by atoms with Crippen molar-refractivity contribution in [3.8, 4) is 28.1 Å². The molecule has 0 bridgehead atoms. The maximum absolute atomic E-state index is 18.6. The number of nitrogens with zero attached hydrogens (tertiary/aromatic N) is 4. The normalized spacial score (nSPS) is 17.0.